The van der Waals surface area contributed by atoms with Crippen molar-refractivity contribution < 1.29 is 4.74 Å². The standard InChI is InChI=1S/C11H12N6OS/c12-15-13-6-1-7-18-10-4-2-9(3-5-10)8-11-14-16-17-19-11/h2-5H,1,6-8H2. The van der Waals surface area contributed by atoms with Gasteiger partial charge in [-0.3, -0.25) is 0 Å². The van der Waals surface area contributed by atoms with Gasteiger partial charge in [-0.1, -0.05) is 21.7 Å². The third-order valence-electron chi connectivity index (χ3n) is 2.35. The second-order valence-electron chi connectivity index (χ2n) is 3.73. The van der Waals surface area contributed by atoms with Gasteiger partial charge < -0.3 is 4.74 Å². The molecule has 2 aromatic rings. The lowest BCUT2D eigenvalue weighted by Crippen LogP contribution is -1.99. The Kier molecular flexibility index (Phi) is 5.09. The summed E-state index contributed by atoms with van der Waals surface area (Å²) in [7, 11) is 0. The van der Waals surface area contributed by atoms with Crippen molar-refractivity contribution in [1.29, 1.82) is 0 Å². The number of rotatable bonds is 7. The summed E-state index contributed by atoms with van der Waals surface area (Å²) in [5.41, 5.74) is 9.26. The molecule has 0 saturated heterocycles. The predicted octanol–water partition coefficient (Wildman–Crippen LogP) is 2.60. The van der Waals surface area contributed by atoms with E-state index in [9.17, 15) is 0 Å². The molecule has 0 aliphatic heterocycles. The largest absolute Gasteiger partial charge is 0.494 e. The van der Waals surface area contributed by atoms with Crippen LogP contribution >= 0.6 is 11.5 Å². The van der Waals surface area contributed by atoms with Gasteiger partial charge in [0.05, 0.1) is 6.61 Å². The third-order valence-corrected chi connectivity index (χ3v) is 2.94. The van der Waals surface area contributed by atoms with Gasteiger partial charge in [0.15, 0.2) is 0 Å². The first kappa shape index (κ1) is 13.3. The zero-order chi connectivity index (χ0) is 13.3. The number of aromatic nitrogens is 3. The zero-order valence-electron chi connectivity index (χ0n) is 10.1. The van der Waals surface area contributed by atoms with Gasteiger partial charge in [-0.2, -0.15) is 0 Å². The number of ether oxygens (including phenoxy) is 1. The van der Waals surface area contributed by atoms with Crippen LogP contribution in [0.25, 0.3) is 10.4 Å². The van der Waals surface area contributed by atoms with Crippen molar-refractivity contribution >= 4 is 11.5 Å². The van der Waals surface area contributed by atoms with Crippen molar-refractivity contribution in [3.8, 4) is 5.75 Å². The molecule has 7 nitrogen and oxygen atoms in total. The van der Waals surface area contributed by atoms with Crippen molar-refractivity contribution in [3.63, 3.8) is 0 Å². The highest BCUT2D eigenvalue weighted by Crippen LogP contribution is 2.15. The van der Waals surface area contributed by atoms with E-state index in [1.807, 2.05) is 24.3 Å². The fraction of sp³-hybridized carbons (Fsp3) is 0.364. The molecule has 0 spiro atoms. The van der Waals surface area contributed by atoms with Gasteiger partial charge in [0, 0.05) is 29.4 Å². The molecule has 0 atom stereocenters. The summed E-state index contributed by atoms with van der Waals surface area (Å²) in [6.07, 6.45) is 1.44. The quantitative estimate of drug-likeness (QED) is 0.336. The van der Waals surface area contributed by atoms with Crippen LogP contribution in [0.5, 0.6) is 5.75 Å². The minimum absolute atomic E-state index is 0.457. The van der Waals surface area contributed by atoms with Crippen molar-refractivity contribution in [1.82, 2.24) is 14.8 Å². The SMILES string of the molecule is [N-]=[N+]=NCCCOc1ccc(Cc2nnns2)cc1. The summed E-state index contributed by atoms with van der Waals surface area (Å²) in [5.74, 6) is 0.806. The molecule has 0 aliphatic carbocycles. The molecule has 0 bridgehead atoms. The molecule has 98 valence electrons. The Balaban J connectivity index is 1.79. The molecule has 0 saturated carbocycles. The van der Waals surface area contributed by atoms with Crippen LogP contribution in [0.2, 0.25) is 0 Å². The van der Waals surface area contributed by atoms with E-state index in [-0.39, 0.29) is 0 Å². The van der Waals surface area contributed by atoms with E-state index >= 15 is 0 Å². The summed E-state index contributed by atoms with van der Waals surface area (Å²) < 4.78 is 9.24. The normalized spacial score (nSPS) is 9.89. The van der Waals surface area contributed by atoms with Crippen LogP contribution in [0.15, 0.2) is 29.4 Å². The zero-order valence-corrected chi connectivity index (χ0v) is 11.0. The summed E-state index contributed by atoms with van der Waals surface area (Å²) in [6, 6.07) is 7.81. The molecule has 0 amide bonds. The van der Waals surface area contributed by atoms with E-state index in [4.69, 9.17) is 10.3 Å². The predicted molar refractivity (Wildman–Crippen MR) is 71.1 cm³/mol. The second kappa shape index (κ2) is 7.30. The van der Waals surface area contributed by atoms with Crippen LogP contribution in [0.3, 0.4) is 0 Å². The fourth-order valence-corrected chi connectivity index (χ4v) is 1.94. The van der Waals surface area contributed by atoms with Crippen molar-refractivity contribution in [2.24, 2.45) is 5.11 Å². The first-order valence-electron chi connectivity index (χ1n) is 5.75. The Morgan fingerprint density at radius 3 is 2.84 bits per heavy atom. The molecule has 0 fully saturated rings. The lowest BCUT2D eigenvalue weighted by molar-refractivity contribution is 0.313. The van der Waals surface area contributed by atoms with Crippen LogP contribution in [-0.2, 0) is 6.42 Å². The van der Waals surface area contributed by atoms with Crippen LogP contribution < -0.4 is 4.74 Å². The average Bonchev–Trinajstić information content (AvgIpc) is 2.93. The Labute approximate surface area is 114 Å². The molecule has 19 heavy (non-hydrogen) atoms. The van der Waals surface area contributed by atoms with E-state index in [2.05, 4.69) is 24.8 Å². The summed E-state index contributed by atoms with van der Waals surface area (Å²) in [4.78, 5) is 2.68. The molecule has 0 unspecified atom stereocenters. The van der Waals surface area contributed by atoms with Crippen LogP contribution in [0.4, 0.5) is 0 Å². The molecule has 2 rings (SSSR count). The van der Waals surface area contributed by atoms with E-state index < -0.39 is 0 Å². The third kappa shape index (κ3) is 4.53. The Morgan fingerprint density at radius 1 is 1.32 bits per heavy atom. The van der Waals surface area contributed by atoms with Crippen molar-refractivity contribution in [3.05, 3.63) is 45.3 Å². The lowest BCUT2D eigenvalue weighted by Gasteiger charge is -2.05. The van der Waals surface area contributed by atoms with Crippen LogP contribution in [-0.4, -0.2) is 28.0 Å². The highest BCUT2D eigenvalue weighted by atomic mass is 32.1. The highest BCUT2D eigenvalue weighted by molar-refractivity contribution is 7.05. The van der Waals surface area contributed by atoms with E-state index in [0.717, 1.165) is 22.7 Å². The molecule has 1 heterocycles. The van der Waals surface area contributed by atoms with E-state index in [1.54, 1.807) is 0 Å². The van der Waals surface area contributed by atoms with Gasteiger partial charge in [0.2, 0.25) is 0 Å². The molecule has 0 N–H and O–H groups in total. The summed E-state index contributed by atoms with van der Waals surface area (Å²) in [6.45, 7) is 0.997. The molecule has 0 aliphatic rings. The number of hydrogen-bond donors (Lipinski definition) is 0. The maximum absolute atomic E-state index is 8.12. The number of nitrogens with zero attached hydrogens (tertiary/aromatic N) is 6. The number of hydrogen-bond acceptors (Lipinski definition) is 6. The van der Waals surface area contributed by atoms with Gasteiger partial charge in [-0.15, -0.1) is 5.10 Å². The van der Waals surface area contributed by atoms with Crippen LogP contribution in [0, 0.1) is 0 Å². The van der Waals surface area contributed by atoms with Crippen molar-refractivity contribution in [2.75, 3.05) is 13.2 Å². The van der Waals surface area contributed by atoms with E-state index in [1.165, 1.54) is 11.5 Å². The first-order chi connectivity index (χ1) is 9.38. The monoisotopic (exact) mass is 276 g/mol. The molecule has 0 radical (unpaired) electrons. The second-order valence-corrected chi connectivity index (χ2v) is 4.55. The van der Waals surface area contributed by atoms with Gasteiger partial charge in [-0.25, -0.2) is 0 Å². The molecule has 1 aromatic heterocycles. The first-order valence-corrected chi connectivity index (χ1v) is 6.52. The topological polar surface area (TPSA) is 96.7 Å². The lowest BCUT2D eigenvalue weighted by atomic mass is 10.1. The molecular weight excluding hydrogens is 264 g/mol. The summed E-state index contributed by atoms with van der Waals surface area (Å²) >= 11 is 1.30. The Bertz CT molecular complexity index is 535. The summed E-state index contributed by atoms with van der Waals surface area (Å²) in [5, 5.41) is 11.8. The highest BCUT2D eigenvalue weighted by Gasteiger charge is 2.01. The van der Waals surface area contributed by atoms with Gasteiger partial charge >= 0.3 is 0 Å². The van der Waals surface area contributed by atoms with Gasteiger partial charge in [0.25, 0.3) is 0 Å². The maximum atomic E-state index is 8.12. The maximum Gasteiger partial charge on any atom is 0.142 e. The minimum atomic E-state index is 0.457. The Morgan fingerprint density at radius 2 is 2.16 bits per heavy atom. The number of benzene rings is 1. The van der Waals surface area contributed by atoms with E-state index in [0.29, 0.717) is 19.6 Å². The molecule has 1 aromatic carbocycles. The van der Waals surface area contributed by atoms with Crippen molar-refractivity contribution in [2.45, 2.75) is 12.8 Å². The van der Waals surface area contributed by atoms with Gasteiger partial charge in [-0.05, 0) is 34.9 Å². The van der Waals surface area contributed by atoms with Crippen LogP contribution in [0.1, 0.15) is 17.0 Å². The average molecular weight is 276 g/mol. The molecule has 8 heteroatoms. The fourth-order valence-electron chi connectivity index (χ4n) is 1.47. The van der Waals surface area contributed by atoms with Gasteiger partial charge in [0.1, 0.15) is 10.8 Å². The minimum Gasteiger partial charge on any atom is -0.494 e. The number of azide groups is 1. The molecular formula is C11H12N6OS. The smallest absolute Gasteiger partial charge is 0.142 e. The Hall–Kier alpha value is -2.18.